The van der Waals surface area contributed by atoms with E-state index in [0.29, 0.717) is 12.1 Å². The molecule has 0 unspecified atom stereocenters. The third-order valence-electron chi connectivity index (χ3n) is 4.91. The first-order valence-electron chi connectivity index (χ1n) is 8.24. The summed E-state index contributed by atoms with van der Waals surface area (Å²) in [5.74, 6) is 1.15. The van der Waals surface area contributed by atoms with Gasteiger partial charge in [0.25, 0.3) is 0 Å². The minimum atomic E-state index is 0.695. The van der Waals surface area contributed by atoms with E-state index in [0.717, 1.165) is 10.8 Å². The molecule has 0 amide bonds. The molecule has 0 aromatic carbocycles. The first-order valence-corrected chi connectivity index (χ1v) is 8.62. The molecule has 2 saturated carbocycles. The number of hydrogen-bond acceptors (Lipinski definition) is 2. The molecule has 0 bridgehead atoms. The van der Waals surface area contributed by atoms with Gasteiger partial charge in [-0.3, -0.25) is 0 Å². The Bertz CT molecular complexity index is 388. The zero-order valence-corrected chi connectivity index (χ0v) is 13.0. The lowest BCUT2D eigenvalue weighted by molar-refractivity contribution is 0.338. The van der Waals surface area contributed by atoms with Crippen LogP contribution >= 0.6 is 11.6 Å². The summed E-state index contributed by atoms with van der Waals surface area (Å²) < 4.78 is 0. The van der Waals surface area contributed by atoms with Gasteiger partial charge in [-0.2, -0.15) is 0 Å². The van der Waals surface area contributed by atoms with E-state index >= 15 is 0 Å². The Balaban J connectivity index is 1.83. The van der Waals surface area contributed by atoms with Gasteiger partial charge in [-0.1, -0.05) is 50.1 Å². The van der Waals surface area contributed by atoms with Crippen molar-refractivity contribution in [3.05, 3.63) is 23.4 Å². The molecule has 0 saturated heterocycles. The molecule has 0 atom stereocenters. The Kier molecular flexibility index (Phi) is 4.82. The van der Waals surface area contributed by atoms with Crippen molar-refractivity contribution in [1.29, 1.82) is 0 Å². The van der Waals surface area contributed by atoms with Gasteiger partial charge in [-0.15, -0.1) is 0 Å². The summed E-state index contributed by atoms with van der Waals surface area (Å²) in [4.78, 5) is 7.27. The summed E-state index contributed by atoms with van der Waals surface area (Å²) in [6.07, 6.45) is 15.5. The van der Waals surface area contributed by atoms with Crippen LogP contribution in [0.15, 0.2) is 18.3 Å². The molecule has 3 rings (SSSR count). The van der Waals surface area contributed by atoms with Crippen LogP contribution in [0.3, 0.4) is 0 Å². The second-order valence-electron chi connectivity index (χ2n) is 6.33. The van der Waals surface area contributed by atoms with E-state index in [4.69, 9.17) is 11.6 Å². The standard InChI is InChI=1S/C17H25ClN2/c18-14-11-12-17(19-13-14)20(15-7-3-1-4-8-15)16-9-5-2-6-10-16/h11-13,15-16H,1-10H2. The Morgan fingerprint density at radius 3 is 1.85 bits per heavy atom. The molecule has 20 heavy (non-hydrogen) atoms. The fourth-order valence-electron chi connectivity index (χ4n) is 3.91. The van der Waals surface area contributed by atoms with Crippen LogP contribution in [0, 0.1) is 0 Å². The molecule has 2 aliphatic rings. The van der Waals surface area contributed by atoms with Gasteiger partial charge in [0.2, 0.25) is 0 Å². The summed E-state index contributed by atoms with van der Waals surface area (Å²) in [6, 6.07) is 5.50. The molecule has 2 fully saturated rings. The van der Waals surface area contributed by atoms with Gasteiger partial charge in [0, 0.05) is 18.3 Å². The number of rotatable bonds is 3. The van der Waals surface area contributed by atoms with Crippen LogP contribution in [0.2, 0.25) is 5.02 Å². The molecule has 1 aromatic rings. The van der Waals surface area contributed by atoms with Gasteiger partial charge in [-0.25, -0.2) is 4.98 Å². The number of halogens is 1. The third-order valence-corrected chi connectivity index (χ3v) is 5.14. The van der Waals surface area contributed by atoms with Crippen LogP contribution in [0.5, 0.6) is 0 Å². The van der Waals surface area contributed by atoms with Crippen LogP contribution < -0.4 is 4.90 Å². The van der Waals surface area contributed by atoms with Crippen molar-refractivity contribution < 1.29 is 0 Å². The minimum absolute atomic E-state index is 0.695. The minimum Gasteiger partial charge on any atom is -0.351 e. The summed E-state index contributed by atoms with van der Waals surface area (Å²) in [5, 5.41) is 0.737. The normalized spacial score (nSPS) is 21.9. The lowest BCUT2D eigenvalue weighted by atomic mass is 9.88. The SMILES string of the molecule is Clc1ccc(N(C2CCCCC2)C2CCCCC2)nc1. The lowest BCUT2D eigenvalue weighted by Crippen LogP contribution is -2.45. The quantitative estimate of drug-likeness (QED) is 0.760. The Morgan fingerprint density at radius 1 is 0.850 bits per heavy atom. The monoisotopic (exact) mass is 292 g/mol. The number of pyridine rings is 1. The van der Waals surface area contributed by atoms with Crippen LogP contribution in [0.1, 0.15) is 64.2 Å². The van der Waals surface area contributed by atoms with Gasteiger partial charge in [0.15, 0.2) is 0 Å². The van der Waals surface area contributed by atoms with Gasteiger partial charge in [0.05, 0.1) is 5.02 Å². The molecule has 0 aliphatic heterocycles. The summed E-state index contributed by atoms with van der Waals surface area (Å²) >= 11 is 6.01. The van der Waals surface area contributed by atoms with Crippen molar-refractivity contribution in [1.82, 2.24) is 4.98 Å². The third kappa shape index (κ3) is 3.28. The maximum Gasteiger partial charge on any atom is 0.129 e. The van der Waals surface area contributed by atoms with Crippen molar-refractivity contribution in [2.75, 3.05) is 4.90 Å². The number of anilines is 1. The average Bonchev–Trinajstić information content (AvgIpc) is 2.52. The molecule has 1 aromatic heterocycles. The highest BCUT2D eigenvalue weighted by atomic mass is 35.5. The second-order valence-corrected chi connectivity index (χ2v) is 6.76. The Labute approximate surface area is 127 Å². The fraction of sp³-hybridized carbons (Fsp3) is 0.706. The van der Waals surface area contributed by atoms with E-state index in [1.54, 1.807) is 6.20 Å². The smallest absolute Gasteiger partial charge is 0.129 e. The molecule has 3 heteroatoms. The topological polar surface area (TPSA) is 16.1 Å². The van der Waals surface area contributed by atoms with Crippen LogP contribution in [0.4, 0.5) is 5.82 Å². The van der Waals surface area contributed by atoms with Crippen LogP contribution in [-0.4, -0.2) is 17.1 Å². The van der Waals surface area contributed by atoms with E-state index in [-0.39, 0.29) is 0 Å². The molecule has 0 N–H and O–H groups in total. The van der Waals surface area contributed by atoms with E-state index in [9.17, 15) is 0 Å². The summed E-state index contributed by atoms with van der Waals surface area (Å²) in [7, 11) is 0. The van der Waals surface area contributed by atoms with Crippen molar-refractivity contribution >= 4 is 17.4 Å². The first-order chi connectivity index (χ1) is 9.84. The van der Waals surface area contributed by atoms with E-state index in [1.807, 2.05) is 6.07 Å². The first kappa shape index (κ1) is 14.2. The maximum atomic E-state index is 6.01. The summed E-state index contributed by atoms with van der Waals surface area (Å²) in [6.45, 7) is 0. The van der Waals surface area contributed by atoms with E-state index < -0.39 is 0 Å². The highest BCUT2D eigenvalue weighted by Crippen LogP contribution is 2.33. The van der Waals surface area contributed by atoms with Crippen LogP contribution in [0.25, 0.3) is 0 Å². The number of nitrogens with zero attached hydrogens (tertiary/aromatic N) is 2. The van der Waals surface area contributed by atoms with Crippen molar-refractivity contribution in [3.8, 4) is 0 Å². The van der Waals surface area contributed by atoms with Crippen molar-refractivity contribution in [2.45, 2.75) is 76.3 Å². The largest absolute Gasteiger partial charge is 0.351 e. The predicted molar refractivity (Wildman–Crippen MR) is 85.5 cm³/mol. The van der Waals surface area contributed by atoms with Crippen molar-refractivity contribution in [3.63, 3.8) is 0 Å². The second kappa shape index (κ2) is 6.80. The lowest BCUT2D eigenvalue weighted by Gasteiger charge is -2.42. The Morgan fingerprint density at radius 2 is 1.40 bits per heavy atom. The van der Waals surface area contributed by atoms with E-state index in [2.05, 4.69) is 16.0 Å². The molecular weight excluding hydrogens is 268 g/mol. The van der Waals surface area contributed by atoms with Gasteiger partial charge in [-0.05, 0) is 37.8 Å². The average molecular weight is 293 g/mol. The molecule has 1 heterocycles. The zero-order valence-electron chi connectivity index (χ0n) is 12.2. The number of aromatic nitrogens is 1. The predicted octanol–water partition coefficient (Wildman–Crippen LogP) is 5.21. The molecular formula is C17H25ClN2. The molecule has 110 valence electrons. The molecule has 0 spiro atoms. The fourth-order valence-corrected chi connectivity index (χ4v) is 4.02. The molecule has 2 aliphatic carbocycles. The van der Waals surface area contributed by atoms with Gasteiger partial charge >= 0.3 is 0 Å². The maximum absolute atomic E-state index is 6.01. The zero-order chi connectivity index (χ0) is 13.8. The Hall–Kier alpha value is -0.760. The number of hydrogen-bond donors (Lipinski definition) is 0. The van der Waals surface area contributed by atoms with Gasteiger partial charge < -0.3 is 4.90 Å². The summed E-state index contributed by atoms with van der Waals surface area (Å²) in [5.41, 5.74) is 0. The van der Waals surface area contributed by atoms with Gasteiger partial charge in [0.1, 0.15) is 5.82 Å². The molecule has 0 radical (unpaired) electrons. The van der Waals surface area contributed by atoms with E-state index in [1.165, 1.54) is 64.2 Å². The van der Waals surface area contributed by atoms with Crippen LogP contribution in [-0.2, 0) is 0 Å². The van der Waals surface area contributed by atoms with Crippen molar-refractivity contribution in [2.24, 2.45) is 0 Å². The highest BCUT2D eigenvalue weighted by molar-refractivity contribution is 6.30. The molecule has 2 nitrogen and oxygen atoms in total. The highest BCUT2D eigenvalue weighted by Gasteiger charge is 2.29.